The standard InChI is InChI=1S/C18H16N6O2/c1-11-8-21-15(9-20-11)16-22-14-4-7-24(10-13(14)17(25)23-16)18(26)12-2-5-19-6-3-12/h2-3,5-6,8-9H,4,7,10H2,1H3,(H,22,23,25). The predicted octanol–water partition coefficient (Wildman–Crippen LogP) is 1.13. The molecule has 0 saturated carbocycles. The van der Waals surface area contributed by atoms with Gasteiger partial charge >= 0.3 is 0 Å². The number of nitrogens with one attached hydrogen (secondary N) is 1. The minimum atomic E-state index is -0.250. The average molecular weight is 348 g/mol. The fourth-order valence-electron chi connectivity index (χ4n) is 2.91. The summed E-state index contributed by atoms with van der Waals surface area (Å²) >= 11 is 0. The van der Waals surface area contributed by atoms with Crippen molar-refractivity contribution in [1.82, 2.24) is 29.8 Å². The zero-order valence-electron chi connectivity index (χ0n) is 14.1. The van der Waals surface area contributed by atoms with Crippen LogP contribution in [0.4, 0.5) is 0 Å². The maximum absolute atomic E-state index is 12.6. The molecule has 0 unspecified atom stereocenters. The molecule has 1 aliphatic heterocycles. The molecule has 130 valence electrons. The maximum atomic E-state index is 12.6. The van der Waals surface area contributed by atoms with Gasteiger partial charge in [-0.2, -0.15) is 0 Å². The first kappa shape index (κ1) is 16.1. The monoisotopic (exact) mass is 348 g/mol. The second kappa shape index (κ2) is 6.47. The number of amides is 1. The van der Waals surface area contributed by atoms with Gasteiger partial charge < -0.3 is 9.88 Å². The molecule has 8 nitrogen and oxygen atoms in total. The van der Waals surface area contributed by atoms with E-state index in [4.69, 9.17) is 0 Å². The summed E-state index contributed by atoms with van der Waals surface area (Å²) in [5, 5.41) is 0. The molecule has 1 N–H and O–H groups in total. The molecular formula is C18H16N6O2. The molecule has 0 saturated heterocycles. The summed E-state index contributed by atoms with van der Waals surface area (Å²) in [6.07, 6.45) is 6.89. The molecule has 0 aliphatic carbocycles. The normalized spacial score (nSPS) is 13.3. The lowest BCUT2D eigenvalue weighted by molar-refractivity contribution is 0.0732. The highest BCUT2D eigenvalue weighted by Crippen LogP contribution is 2.18. The zero-order chi connectivity index (χ0) is 18.1. The highest BCUT2D eigenvalue weighted by Gasteiger charge is 2.25. The summed E-state index contributed by atoms with van der Waals surface area (Å²) in [4.78, 5) is 46.4. The molecule has 0 fully saturated rings. The average Bonchev–Trinajstić information content (AvgIpc) is 2.68. The molecular weight excluding hydrogens is 332 g/mol. The van der Waals surface area contributed by atoms with E-state index < -0.39 is 0 Å². The number of nitrogens with zero attached hydrogens (tertiary/aromatic N) is 5. The van der Waals surface area contributed by atoms with Crippen molar-refractivity contribution in [2.45, 2.75) is 19.9 Å². The first-order valence-electron chi connectivity index (χ1n) is 8.22. The lowest BCUT2D eigenvalue weighted by atomic mass is 10.1. The molecule has 0 bridgehead atoms. The van der Waals surface area contributed by atoms with Gasteiger partial charge in [0.2, 0.25) is 0 Å². The van der Waals surface area contributed by atoms with Crippen molar-refractivity contribution in [2.24, 2.45) is 0 Å². The van der Waals surface area contributed by atoms with E-state index in [0.29, 0.717) is 41.3 Å². The van der Waals surface area contributed by atoms with Crippen molar-refractivity contribution < 1.29 is 4.79 Å². The minimum Gasteiger partial charge on any atom is -0.334 e. The SMILES string of the molecule is Cc1cnc(-c2nc3c(c(=O)[nH]2)CN(C(=O)c2ccncc2)CC3)cn1. The number of aromatic amines is 1. The second-order valence-corrected chi connectivity index (χ2v) is 6.10. The van der Waals surface area contributed by atoms with Crippen molar-refractivity contribution in [1.29, 1.82) is 0 Å². The molecule has 0 atom stereocenters. The van der Waals surface area contributed by atoms with Gasteiger partial charge in [0.25, 0.3) is 11.5 Å². The third-order valence-corrected chi connectivity index (χ3v) is 4.31. The van der Waals surface area contributed by atoms with Crippen LogP contribution in [-0.2, 0) is 13.0 Å². The van der Waals surface area contributed by atoms with E-state index in [1.807, 2.05) is 6.92 Å². The summed E-state index contributed by atoms with van der Waals surface area (Å²) in [7, 11) is 0. The number of hydrogen-bond acceptors (Lipinski definition) is 6. The number of carbonyl (C=O) groups is 1. The van der Waals surface area contributed by atoms with Crippen LogP contribution < -0.4 is 5.56 Å². The van der Waals surface area contributed by atoms with Crippen LogP contribution >= 0.6 is 0 Å². The summed E-state index contributed by atoms with van der Waals surface area (Å²) in [5.41, 5.74) is 2.83. The number of aromatic nitrogens is 5. The van der Waals surface area contributed by atoms with Crippen LogP contribution in [0.3, 0.4) is 0 Å². The molecule has 26 heavy (non-hydrogen) atoms. The lowest BCUT2D eigenvalue weighted by Gasteiger charge is -2.27. The number of H-pyrrole nitrogens is 1. The summed E-state index contributed by atoms with van der Waals surface area (Å²) in [6, 6.07) is 3.33. The highest BCUT2D eigenvalue weighted by atomic mass is 16.2. The van der Waals surface area contributed by atoms with Crippen molar-refractivity contribution in [3.8, 4) is 11.5 Å². The number of aryl methyl sites for hydroxylation is 1. The lowest BCUT2D eigenvalue weighted by Crippen LogP contribution is -2.39. The van der Waals surface area contributed by atoms with Crippen LogP contribution in [0.5, 0.6) is 0 Å². The Morgan fingerprint density at radius 3 is 2.73 bits per heavy atom. The summed E-state index contributed by atoms with van der Waals surface area (Å²) < 4.78 is 0. The van der Waals surface area contributed by atoms with Gasteiger partial charge in [-0.05, 0) is 19.1 Å². The molecule has 0 aromatic carbocycles. The first-order chi connectivity index (χ1) is 12.6. The molecule has 8 heteroatoms. The maximum Gasteiger partial charge on any atom is 0.256 e. The summed E-state index contributed by atoms with van der Waals surface area (Å²) in [5.74, 6) is 0.279. The Kier molecular flexibility index (Phi) is 4.00. The minimum absolute atomic E-state index is 0.120. The third-order valence-electron chi connectivity index (χ3n) is 4.31. The van der Waals surface area contributed by atoms with Crippen LogP contribution in [-0.4, -0.2) is 42.3 Å². The predicted molar refractivity (Wildman–Crippen MR) is 93.3 cm³/mol. The molecule has 4 rings (SSSR count). The summed E-state index contributed by atoms with van der Waals surface area (Å²) in [6.45, 7) is 2.58. The first-order valence-corrected chi connectivity index (χ1v) is 8.22. The smallest absolute Gasteiger partial charge is 0.256 e. The Balaban J connectivity index is 1.63. The van der Waals surface area contributed by atoms with E-state index in [1.165, 1.54) is 0 Å². The second-order valence-electron chi connectivity index (χ2n) is 6.10. The Hall–Kier alpha value is -3.42. The number of hydrogen-bond donors (Lipinski definition) is 1. The van der Waals surface area contributed by atoms with Crippen molar-refractivity contribution in [2.75, 3.05) is 6.54 Å². The van der Waals surface area contributed by atoms with Gasteiger partial charge in [-0.15, -0.1) is 0 Å². The molecule has 0 radical (unpaired) electrons. The van der Waals surface area contributed by atoms with Crippen LogP contribution in [0.1, 0.15) is 27.3 Å². The van der Waals surface area contributed by atoms with Gasteiger partial charge in [-0.25, -0.2) is 9.97 Å². The van der Waals surface area contributed by atoms with Crippen LogP contribution in [0.15, 0.2) is 41.7 Å². The highest BCUT2D eigenvalue weighted by molar-refractivity contribution is 5.94. The van der Waals surface area contributed by atoms with E-state index in [2.05, 4.69) is 24.9 Å². The number of carbonyl (C=O) groups excluding carboxylic acids is 1. The Bertz CT molecular complexity index is 1010. The van der Waals surface area contributed by atoms with Crippen LogP contribution in [0.2, 0.25) is 0 Å². The van der Waals surface area contributed by atoms with Gasteiger partial charge in [-0.1, -0.05) is 0 Å². The molecule has 0 spiro atoms. The molecule has 4 heterocycles. The zero-order valence-corrected chi connectivity index (χ0v) is 14.1. The molecule has 3 aromatic rings. The molecule has 1 aliphatic rings. The van der Waals surface area contributed by atoms with Gasteiger partial charge in [0.1, 0.15) is 5.69 Å². The Morgan fingerprint density at radius 2 is 2.00 bits per heavy atom. The van der Waals surface area contributed by atoms with Crippen molar-refractivity contribution in [3.63, 3.8) is 0 Å². The number of pyridine rings is 1. The Morgan fingerprint density at radius 1 is 1.19 bits per heavy atom. The third kappa shape index (κ3) is 2.97. The van der Waals surface area contributed by atoms with E-state index >= 15 is 0 Å². The van der Waals surface area contributed by atoms with E-state index in [-0.39, 0.29) is 18.0 Å². The fraction of sp³-hybridized carbons (Fsp3) is 0.222. The van der Waals surface area contributed by atoms with Gasteiger partial charge in [0, 0.05) is 37.1 Å². The van der Waals surface area contributed by atoms with Crippen LogP contribution in [0.25, 0.3) is 11.5 Å². The van der Waals surface area contributed by atoms with Gasteiger partial charge in [0.15, 0.2) is 5.82 Å². The van der Waals surface area contributed by atoms with Crippen molar-refractivity contribution >= 4 is 5.91 Å². The van der Waals surface area contributed by atoms with Crippen LogP contribution in [0, 0.1) is 6.92 Å². The number of fused-ring (bicyclic) bond motifs is 1. The molecule has 3 aromatic heterocycles. The van der Waals surface area contributed by atoms with Gasteiger partial charge in [0.05, 0.1) is 29.7 Å². The van der Waals surface area contributed by atoms with E-state index in [0.717, 1.165) is 5.69 Å². The topological polar surface area (TPSA) is 105 Å². The largest absolute Gasteiger partial charge is 0.334 e. The quantitative estimate of drug-likeness (QED) is 0.744. The van der Waals surface area contributed by atoms with E-state index in [9.17, 15) is 9.59 Å². The van der Waals surface area contributed by atoms with Gasteiger partial charge in [-0.3, -0.25) is 19.6 Å². The molecule has 1 amide bonds. The number of rotatable bonds is 2. The fourth-order valence-corrected chi connectivity index (χ4v) is 2.91. The van der Waals surface area contributed by atoms with E-state index in [1.54, 1.807) is 41.8 Å². The Labute approximate surface area is 149 Å². The van der Waals surface area contributed by atoms with Crippen molar-refractivity contribution in [3.05, 3.63) is 69.8 Å².